The lowest BCUT2D eigenvalue weighted by atomic mass is 10.0. The average molecular weight is 403 g/mol. The standard InChI is InChI=1S/C22H30N2O3S/c1-16-11-8-13-21(18(16)3)24(28(5,26)27)15-9-14-22(25)23-19(4)20-12-7-6-10-17(20)2/h6-8,10-13,19H,9,14-15H2,1-5H3,(H,23,25). The zero-order valence-corrected chi connectivity index (χ0v) is 18.1. The molecular formula is C22H30N2O3S. The number of rotatable bonds is 8. The van der Waals surface area contributed by atoms with E-state index in [0.29, 0.717) is 12.1 Å². The molecule has 0 radical (unpaired) electrons. The highest BCUT2D eigenvalue weighted by Crippen LogP contribution is 2.25. The third-order valence-electron chi connectivity index (χ3n) is 5.04. The van der Waals surface area contributed by atoms with Crippen molar-refractivity contribution in [2.75, 3.05) is 17.1 Å². The Morgan fingerprint density at radius 1 is 1.04 bits per heavy atom. The Hall–Kier alpha value is -2.34. The number of hydrogen-bond acceptors (Lipinski definition) is 3. The number of nitrogens with one attached hydrogen (secondary N) is 1. The van der Waals surface area contributed by atoms with Crippen molar-refractivity contribution in [2.45, 2.75) is 46.6 Å². The largest absolute Gasteiger partial charge is 0.350 e. The normalized spacial score (nSPS) is 12.5. The average Bonchev–Trinajstić information content (AvgIpc) is 2.61. The van der Waals surface area contributed by atoms with E-state index >= 15 is 0 Å². The lowest BCUT2D eigenvalue weighted by molar-refractivity contribution is -0.121. The number of nitrogens with zero attached hydrogens (tertiary/aromatic N) is 1. The highest BCUT2D eigenvalue weighted by molar-refractivity contribution is 7.92. The third kappa shape index (κ3) is 5.58. The van der Waals surface area contributed by atoms with E-state index in [4.69, 9.17) is 0 Å². The van der Waals surface area contributed by atoms with Crippen molar-refractivity contribution in [3.05, 3.63) is 64.7 Å². The molecule has 1 amide bonds. The van der Waals surface area contributed by atoms with Crippen molar-refractivity contribution >= 4 is 21.6 Å². The minimum absolute atomic E-state index is 0.0785. The number of carbonyl (C=O) groups is 1. The number of hydrogen-bond donors (Lipinski definition) is 1. The number of benzene rings is 2. The fourth-order valence-corrected chi connectivity index (χ4v) is 4.33. The van der Waals surface area contributed by atoms with E-state index in [0.717, 1.165) is 22.3 Å². The summed E-state index contributed by atoms with van der Waals surface area (Å²) in [5.74, 6) is -0.0785. The maximum atomic E-state index is 12.3. The highest BCUT2D eigenvalue weighted by atomic mass is 32.2. The van der Waals surface area contributed by atoms with Crippen LogP contribution in [-0.2, 0) is 14.8 Å². The summed E-state index contributed by atoms with van der Waals surface area (Å²) in [7, 11) is -3.43. The van der Waals surface area contributed by atoms with Gasteiger partial charge in [0.05, 0.1) is 18.0 Å². The highest BCUT2D eigenvalue weighted by Gasteiger charge is 2.20. The molecule has 0 aliphatic rings. The first-order chi connectivity index (χ1) is 13.1. The lowest BCUT2D eigenvalue weighted by Gasteiger charge is -2.25. The Bertz CT molecular complexity index is 939. The Kier molecular flexibility index (Phi) is 7.24. The van der Waals surface area contributed by atoms with Gasteiger partial charge >= 0.3 is 0 Å². The summed E-state index contributed by atoms with van der Waals surface area (Å²) < 4.78 is 26.0. The van der Waals surface area contributed by atoms with Crippen LogP contribution >= 0.6 is 0 Å². The second-order valence-corrected chi connectivity index (χ2v) is 9.21. The van der Waals surface area contributed by atoms with Crippen LogP contribution < -0.4 is 9.62 Å². The van der Waals surface area contributed by atoms with E-state index < -0.39 is 10.0 Å². The van der Waals surface area contributed by atoms with Gasteiger partial charge in [0, 0.05) is 13.0 Å². The Morgan fingerprint density at radius 3 is 2.32 bits per heavy atom. The molecule has 0 saturated heterocycles. The second-order valence-electron chi connectivity index (χ2n) is 7.30. The van der Waals surface area contributed by atoms with E-state index in [1.54, 1.807) is 0 Å². The predicted molar refractivity (Wildman–Crippen MR) is 115 cm³/mol. The van der Waals surface area contributed by atoms with Crippen LogP contribution in [-0.4, -0.2) is 27.1 Å². The molecule has 2 aromatic rings. The molecule has 0 heterocycles. The van der Waals surface area contributed by atoms with Gasteiger partial charge in [0.2, 0.25) is 15.9 Å². The van der Waals surface area contributed by atoms with Crippen LogP contribution in [0, 0.1) is 20.8 Å². The minimum atomic E-state index is -3.43. The van der Waals surface area contributed by atoms with E-state index in [-0.39, 0.29) is 24.9 Å². The first-order valence-corrected chi connectivity index (χ1v) is 11.3. The maximum Gasteiger partial charge on any atom is 0.232 e. The second kappa shape index (κ2) is 9.24. The molecule has 152 valence electrons. The van der Waals surface area contributed by atoms with Crippen LogP contribution in [0.2, 0.25) is 0 Å². The van der Waals surface area contributed by atoms with Crippen molar-refractivity contribution in [2.24, 2.45) is 0 Å². The maximum absolute atomic E-state index is 12.3. The first-order valence-electron chi connectivity index (χ1n) is 9.50. The number of sulfonamides is 1. The summed E-state index contributed by atoms with van der Waals surface area (Å²) in [5.41, 5.74) is 4.87. The van der Waals surface area contributed by atoms with E-state index in [2.05, 4.69) is 5.32 Å². The topological polar surface area (TPSA) is 66.5 Å². The van der Waals surface area contributed by atoms with Gasteiger partial charge < -0.3 is 5.32 Å². The molecule has 5 nitrogen and oxygen atoms in total. The minimum Gasteiger partial charge on any atom is -0.350 e. The van der Waals surface area contributed by atoms with Crippen LogP contribution in [0.15, 0.2) is 42.5 Å². The van der Waals surface area contributed by atoms with Crippen molar-refractivity contribution in [1.82, 2.24) is 5.32 Å². The molecule has 28 heavy (non-hydrogen) atoms. The molecule has 0 spiro atoms. The Labute approximate surface area is 168 Å². The van der Waals surface area contributed by atoms with Gasteiger partial charge in [-0.3, -0.25) is 9.10 Å². The summed E-state index contributed by atoms with van der Waals surface area (Å²) in [6, 6.07) is 13.5. The molecule has 0 saturated carbocycles. The molecule has 0 fully saturated rings. The fraction of sp³-hybridized carbons (Fsp3) is 0.409. The number of carbonyl (C=O) groups excluding carboxylic acids is 1. The van der Waals surface area contributed by atoms with Gasteiger partial charge in [-0.2, -0.15) is 0 Å². The SMILES string of the molecule is Cc1ccccc1C(C)NC(=O)CCCN(c1cccc(C)c1C)S(C)(=O)=O. The summed E-state index contributed by atoms with van der Waals surface area (Å²) in [4.78, 5) is 12.3. The third-order valence-corrected chi connectivity index (χ3v) is 6.22. The number of aryl methyl sites for hydroxylation is 2. The summed E-state index contributed by atoms with van der Waals surface area (Å²) in [6.07, 6.45) is 1.93. The molecule has 0 aliphatic carbocycles. The van der Waals surface area contributed by atoms with Crippen LogP contribution in [0.4, 0.5) is 5.69 Å². The van der Waals surface area contributed by atoms with Crippen molar-refractivity contribution in [1.29, 1.82) is 0 Å². The summed E-state index contributed by atoms with van der Waals surface area (Å²) in [6.45, 7) is 8.12. The van der Waals surface area contributed by atoms with Gasteiger partial charge in [0.25, 0.3) is 0 Å². The molecule has 1 N–H and O–H groups in total. The zero-order chi connectivity index (χ0) is 20.9. The van der Waals surface area contributed by atoms with Gasteiger partial charge in [-0.15, -0.1) is 0 Å². The van der Waals surface area contributed by atoms with E-state index in [9.17, 15) is 13.2 Å². The van der Waals surface area contributed by atoms with E-state index in [1.807, 2.05) is 70.2 Å². The van der Waals surface area contributed by atoms with Gasteiger partial charge in [-0.25, -0.2) is 8.42 Å². The van der Waals surface area contributed by atoms with Crippen molar-refractivity contribution in [3.8, 4) is 0 Å². The fourth-order valence-electron chi connectivity index (χ4n) is 3.32. The number of anilines is 1. The van der Waals surface area contributed by atoms with Gasteiger partial charge in [0.1, 0.15) is 0 Å². The molecule has 1 atom stereocenters. The van der Waals surface area contributed by atoms with E-state index in [1.165, 1.54) is 10.6 Å². The van der Waals surface area contributed by atoms with Crippen LogP contribution in [0.25, 0.3) is 0 Å². The van der Waals surface area contributed by atoms with Crippen molar-refractivity contribution < 1.29 is 13.2 Å². The molecule has 0 bridgehead atoms. The summed E-state index contributed by atoms with van der Waals surface area (Å²) >= 11 is 0. The van der Waals surface area contributed by atoms with Crippen molar-refractivity contribution in [3.63, 3.8) is 0 Å². The lowest BCUT2D eigenvalue weighted by Crippen LogP contribution is -2.33. The predicted octanol–water partition coefficient (Wildman–Crippen LogP) is 4.04. The number of amides is 1. The van der Waals surface area contributed by atoms with Crippen LogP contribution in [0.1, 0.15) is 48.1 Å². The molecule has 1 unspecified atom stereocenters. The van der Waals surface area contributed by atoms with Gasteiger partial charge in [-0.05, 0) is 62.4 Å². The first kappa shape index (κ1) is 22.0. The molecule has 6 heteroatoms. The smallest absolute Gasteiger partial charge is 0.232 e. The molecule has 2 aromatic carbocycles. The molecule has 0 aliphatic heterocycles. The van der Waals surface area contributed by atoms with Gasteiger partial charge in [-0.1, -0.05) is 36.4 Å². The Morgan fingerprint density at radius 2 is 1.68 bits per heavy atom. The van der Waals surface area contributed by atoms with Crippen LogP contribution in [0.5, 0.6) is 0 Å². The monoisotopic (exact) mass is 402 g/mol. The molecule has 2 rings (SSSR count). The Balaban J connectivity index is 2.00. The van der Waals surface area contributed by atoms with Crippen LogP contribution in [0.3, 0.4) is 0 Å². The zero-order valence-electron chi connectivity index (χ0n) is 17.3. The summed E-state index contributed by atoms with van der Waals surface area (Å²) in [5, 5.41) is 3.00. The quantitative estimate of drug-likeness (QED) is 0.725. The molecular weight excluding hydrogens is 372 g/mol. The molecule has 0 aromatic heterocycles. The van der Waals surface area contributed by atoms with Gasteiger partial charge in [0.15, 0.2) is 0 Å².